The second-order valence-corrected chi connectivity index (χ2v) is 6.34. The van der Waals surface area contributed by atoms with E-state index >= 15 is 0 Å². The molecule has 112 valence electrons. The zero-order valence-electron chi connectivity index (χ0n) is 11.9. The molecular weight excluding hydrogens is 322 g/mol. The third kappa shape index (κ3) is 2.63. The molecule has 0 saturated heterocycles. The van der Waals surface area contributed by atoms with Crippen LogP contribution in [0.15, 0.2) is 34.0 Å². The van der Waals surface area contributed by atoms with Gasteiger partial charge in [-0.3, -0.25) is 9.36 Å². The number of hydrogen-bond donors (Lipinski definition) is 0. The molecule has 0 aliphatic heterocycles. The lowest BCUT2D eigenvalue weighted by Crippen LogP contribution is -2.37. The predicted octanol–water partition coefficient (Wildman–Crippen LogP) is 2.52. The minimum absolute atomic E-state index is 0.330. The van der Waals surface area contributed by atoms with Crippen molar-refractivity contribution in [1.29, 1.82) is 0 Å². The summed E-state index contributed by atoms with van der Waals surface area (Å²) in [5, 5.41) is 1.41. The van der Waals surface area contributed by atoms with Gasteiger partial charge in [-0.2, -0.15) is 0 Å². The Balaban J connectivity index is 2.03. The first kappa shape index (κ1) is 14.7. The van der Waals surface area contributed by atoms with E-state index in [1.54, 1.807) is 25.3 Å². The van der Waals surface area contributed by atoms with Crippen LogP contribution in [-0.4, -0.2) is 14.1 Å². The molecule has 0 aliphatic rings. The van der Waals surface area contributed by atoms with Crippen molar-refractivity contribution < 1.29 is 0 Å². The van der Waals surface area contributed by atoms with Gasteiger partial charge in [0.05, 0.1) is 15.8 Å². The minimum atomic E-state index is -0.350. The minimum Gasteiger partial charge on any atom is -0.303 e. The van der Waals surface area contributed by atoms with Gasteiger partial charge < -0.3 is 4.57 Å². The third-order valence-electron chi connectivity index (χ3n) is 3.24. The van der Waals surface area contributed by atoms with E-state index in [9.17, 15) is 9.59 Å². The Bertz CT molecular complexity index is 1010. The number of nitrogens with zero attached hydrogens (tertiary/aromatic N) is 3. The molecule has 0 unspecified atom stereocenters. The fourth-order valence-corrected chi connectivity index (χ4v) is 3.12. The largest absolute Gasteiger partial charge is 0.330 e. The van der Waals surface area contributed by atoms with Crippen LogP contribution in [0.5, 0.6) is 0 Å². The maximum absolute atomic E-state index is 12.0. The van der Waals surface area contributed by atoms with E-state index in [-0.39, 0.29) is 11.2 Å². The summed E-state index contributed by atoms with van der Waals surface area (Å²) in [5.41, 5.74) is 0.577. The number of halogens is 1. The van der Waals surface area contributed by atoms with Crippen LogP contribution in [0.1, 0.15) is 10.6 Å². The van der Waals surface area contributed by atoms with Crippen LogP contribution in [-0.2, 0) is 14.1 Å². The van der Waals surface area contributed by atoms with Crippen molar-refractivity contribution in [3.8, 4) is 0 Å². The second-order valence-electron chi connectivity index (χ2n) is 4.84. The van der Waals surface area contributed by atoms with Crippen molar-refractivity contribution in [1.82, 2.24) is 14.1 Å². The van der Waals surface area contributed by atoms with Gasteiger partial charge in [0, 0.05) is 25.3 Å². The van der Waals surface area contributed by atoms with Gasteiger partial charge in [-0.1, -0.05) is 11.6 Å². The zero-order valence-corrected chi connectivity index (χ0v) is 13.5. The maximum atomic E-state index is 12.0. The molecule has 7 heteroatoms. The lowest BCUT2D eigenvalue weighted by atomic mass is 10.3. The van der Waals surface area contributed by atoms with Crippen molar-refractivity contribution in [3.05, 3.63) is 60.8 Å². The molecule has 0 bridgehead atoms. The summed E-state index contributed by atoms with van der Waals surface area (Å²) in [7, 11) is 3.07. The molecule has 0 saturated carbocycles. The quantitative estimate of drug-likeness (QED) is 0.724. The fraction of sp³-hybridized carbons (Fsp3) is 0.133. The Hall–Kier alpha value is -2.18. The van der Waals surface area contributed by atoms with E-state index in [1.165, 1.54) is 29.1 Å². The third-order valence-corrected chi connectivity index (χ3v) is 4.48. The summed E-state index contributed by atoms with van der Waals surface area (Å²) in [5.74, 6) is 0. The molecule has 3 rings (SSSR count). The molecule has 22 heavy (non-hydrogen) atoms. The summed E-state index contributed by atoms with van der Waals surface area (Å²) >= 11 is 7.45. The van der Waals surface area contributed by atoms with Gasteiger partial charge in [0.25, 0.3) is 5.56 Å². The SMILES string of the molecule is Cn1cc(C=Cc2nc3cc(Cl)ccc3s2)c(=O)n(C)c1=O. The van der Waals surface area contributed by atoms with E-state index in [1.807, 2.05) is 12.1 Å². The molecule has 2 heterocycles. The number of aryl methyl sites for hydroxylation is 1. The standard InChI is InChI=1S/C15H12ClN3O2S/c1-18-8-9(14(20)19(2)15(18)21)3-6-13-17-11-7-10(16)4-5-12(11)22-13/h3-8H,1-2H3. The van der Waals surface area contributed by atoms with Crippen molar-refractivity contribution in [2.45, 2.75) is 0 Å². The van der Waals surface area contributed by atoms with Gasteiger partial charge in [0.1, 0.15) is 5.01 Å². The molecule has 1 aromatic carbocycles. The number of benzene rings is 1. The van der Waals surface area contributed by atoms with Crippen LogP contribution in [0.4, 0.5) is 0 Å². The Morgan fingerprint density at radius 1 is 1.23 bits per heavy atom. The van der Waals surface area contributed by atoms with Gasteiger partial charge in [-0.15, -0.1) is 11.3 Å². The molecule has 0 fully saturated rings. The molecule has 0 aliphatic carbocycles. The first-order valence-electron chi connectivity index (χ1n) is 6.46. The fourth-order valence-electron chi connectivity index (χ4n) is 2.10. The first-order chi connectivity index (χ1) is 10.5. The highest BCUT2D eigenvalue weighted by Crippen LogP contribution is 2.25. The first-order valence-corrected chi connectivity index (χ1v) is 7.66. The van der Waals surface area contributed by atoms with Crippen molar-refractivity contribution >= 4 is 45.3 Å². The van der Waals surface area contributed by atoms with Gasteiger partial charge in [0.2, 0.25) is 0 Å². The molecular formula is C15H12ClN3O2S. The smallest absolute Gasteiger partial charge is 0.303 e. The lowest BCUT2D eigenvalue weighted by molar-refractivity contribution is 0.683. The van der Waals surface area contributed by atoms with Crippen molar-refractivity contribution in [2.75, 3.05) is 0 Å². The van der Waals surface area contributed by atoms with E-state index in [0.29, 0.717) is 10.6 Å². The Morgan fingerprint density at radius 3 is 2.77 bits per heavy atom. The molecule has 3 aromatic rings. The monoisotopic (exact) mass is 333 g/mol. The number of thiazole rings is 1. The predicted molar refractivity (Wildman–Crippen MR) is 90.5 cm³/mol. The zero-order chi connectivity index (χ0) is 15.9. The van der Waals surface area contributed by atoms with Crippen LogP contribution < -0.4 is 11.2 Å². The average molecular weight is 334 g/mol. The maximum Gasteiger partial charge on any atom is 0.330 e. The Morgan fingerprint density at radius 2 is 2.00 bits per heavy atom. The summed E-state index contributed by atoms with van der Waals surface area (Å²) < 4.78 is 3.48. The Labute approximate surface area is 134 Å². The van der Waals surface area contributed by atoms with Crippen molar-refractivity contribution in [3.63, 3.8) is 0 Å². The Kier molecular flexibility index (Phi) is 3.72. The van der Waals surface area contributed by atoms with E-state index in [2.05, 4.69) is 4.98 Å². The van der Waals surface area contributed by atoms with E-state index in [0.717, 1.165) is 19.8 Å². The molecule has 0 N–H and O–H groups in total. The van der Waals surface area contributed by atoms with Crippen LogP contribution in [0.2, 0.25) is 5.02 Å². The van der Waals surface area contributed by atoms with Crippen LogP contribution in [0, 0.1) is 0 Å². The van der Waals surface area contributed by atoms with E-state index in [4.69, 9.17) is 11.6 Å². The highest BCUT2D eigenvalue weighted by molar-refractivity contribution is 7.19. The summed E-state index contributed by atoms with van der Waals surface area (Å²) in [6.07, 6.45) is 4.95. The molecule has 0 spiro atoms. The number of fused-ring (bicyclic) bond motifs is 1. The molecule has 5 nitrogen and oxygen atoms in total. The molecule has 2 aromatic heterocycles. The van der Waals surface area contributed by atoms with Crippen LogP contribution in [0.3, 0.4) is 0 Å². The lowest BCUT2D eigenvalue weighted by Gasteiger charge is -2.02. The van der Waals surface area contributed by atoms with Gasteiger partial charge >= 0.3 is 5.69 Å². The normalized spacial score (nSPS) is 11.6. The number of hydrogen-bond acceptors (Lipinski definition) is 4. The van der Waals surface area contributed by atoms with Gasteiger partial charge in [-0.05, 0) is 30.4 Å². The molecule has 0 atom stereocenters. The van der Waals surface area contributed by atoms with Crippen LogP contribution in [0.25, 0.3) is 22.4 Å². The average Bonchev–Trinajstić information content (AvgIpc) is 2.89. The molecule has 0 amide bonds. The van der Waals surface area contributed by atoms with E-state index < -0.39 is 0 Å². The van der Waals surface area contributed by atoms with Crippen LogP contribution >= 0.6 is 22.9 Å². The second kappa shape index (κ2) is 5.55. The number of aromatic nitrogens is 3. The van der Waals surface area contributed by atoms with Crippen molar-refractivity contribution in [2.24, 2.45) is 14.1 Å². The van der Waals surface area contributed by atoms with Gasteiger partial charge in [-0.25, -0.2) is 9.78 Å². The highest BCUT2D eigenvalue weighted by Gasteiger charge is 2.05. The summed E-state index contributed by atoms with van der Waals surface area (Å²) in [4.78, 5) is 28.1. The van der Waals surface area contributed by atoms with Gasteiger partial charge in [0.15, 0.2) is 0 Å². The molecule has 0 radical (unpaired) electrons. The summed E-state index contributed by atoms with van der Waals surface area (Å²) in [6.45, 7) is 0. The highest BCUT2D eigenvalue weighted by atomic mass is 35.5. The summed E-state index contributed by atoms with van der Waals surface area (Å²) in [6, 6.07) is 5.53. The number of rotatable bonds is 2. The topological polar surface area (TPSA) is 56.9 Å².